The van der Waals surface area contributed by atoms with Crippen LogP contribution in [0.4, 0.5) is 0 Å². The molecule has 0 aromatic heterocycles. The molecule has 3 fully saturated rings. The molecule has 3 atom stereocenters. The summed E-state index contributed by atoms with van der Waals surface area (Å²) in [4.78, 5) is 29.4. The number of carbonyl (C=O) groups is 2. The van der Waals surface area contributed by atoms with Gasteiger partial charge in [0.2, 0.25) is 0 Å². The van der Waals surface area contributed by atoms with E-state index in [-0.39, 0.29) is 17.8 Å². The van der Waals surface area contributed by atoms with Gasteiger partial charge in [0.15, 0.2) is 12.4 Å². The summed E-state index contributed by atoms with van der Waals surface area (Å²) in [5.74, 6) is -0.418. The van der Waals surface area contributed by atoms with Crippen LogP contribution in [0.2, 0.25) is 0 Å². The molecule has 3 aliphatic rings. The highest BCUT2D eigenvalue weighted by Gasteiger charge is 2.50. The van der Waals surface area contributed by atoms with Gasteiger partial charge in [0.1, 0.15) is 11.1 Å². The van der Waals surface area contributed by atoms with E-state index >= 15 is 0 Å². The maximum absolute atomic E-state index is 13.1. The minimum atomic E-state index is -0.715. The van der Waals surface area contributed by atoms with Crippen LogP contribution in [0.15, 0.2) is 30.3 Å². The predicted octanol–water partition coefficient (Wildman–Crippen LogP) is 1.74. The Balaban J connectivity index is 1.36. The van der Waals surface area contributed by atoms with Crippen LogP contribution in [0.1, 0.15) is 25.3 Å². The fourth-order valence-corrected chi connectivity index (χ4v) is 4.45. The van der Waals surface area contributed by atoms with Gasteiger partial charge in [-0.1, -0.05) is 42.5 Å². The number of hydrogen-bond donors (Lipinski definition) is 0. The number of hydrogen-bond acceptors (Lipinski definition) is 6. The number of esters is 1. The van der Waals surface area contributed by atoms with Crippen LogP contribution in [-0.4, -0.2) is 71.4 Å². The minimum absolute atomic E-state index is 0.108. The van der Waals surface area contributed by atoms with Crippen LogP contribution >= 0.6 is 12.2 Å². The number of piperidine rings is 1. The molecule has 0 saturated carbocycles. The Morgan fingerprint density at radius 1 is 1.17 bits per heavy atom. The van der Waals surface area contributed by atoms with Crippen molar-refractivity contribution in [3.63, 3.8) is 0 Å². The molecule has 0 spiro atoms. The molecule has 0 unspecified atom stereocenters. The maximum Gasteiger partial charge on any atom is 0.309 e. The van der Waals surface area contributed by atoms with Crippen molar-refractivity contribution in [2.45, 2.75) is 44.8 Å². The Hall–Kier alpha value is -2.03. The molecule has 1 amide bonds. The summed E-state index contributed by atoms with van der Waals surface area (Å²) in [5, 5.41) is 0. The number of rotatable bonds is 5. The van der Waals surface area contributed by atoms with Gasteiger partial charge >= 0.3 is 5.97 Å². The highest BCUT2D eigenvalue weighted by Crippen LogP contribution is 2.31. The van der Waals surface area contributed by atoms with E-state index in [0.717, 1.165) is 5.56 Å². The van der Waals surface area contributed by atoms with Crippen molar-refractivity contribution >= 4 is 29.1 Å². The zero-order valence-electron chi connectivity index (χ0n) is 16.5. The second kappa shape index (κ2) is 8.77. The number of benzene rings is 1. The van der Waals surface area contributed by atoms with Crippen LogP contribution < -0.4 is 0 Å². The second-order valence-electron chi connectivity index (χ2n) is 7.60. The monoisotopic (exact) mass is 418 g/mol. The van der Waals surface area contributed by atoms with E-state index in [0.29, 0.717) is 50.6 Å². The lowest BCUT2D eigenvalue weighted by atomic mass is 9.96. The molecule has 4 rings (SSSR count). The van der Waals surface area contributed by atoms with E-state index < -0.39 is 18.5 Å². The van der Waals surface area contributed by atoms with Gasteiger partial charge in [-0.3, -0.25) is 9.59 Å². The first-order chi connectivity index (χ1) is 14.1. The third-order valence-electron chi connectivity index (χ3n) is 5.68. The lowest BCUT2D eigenvalue weighted by molar-refractivity contribution is -0.153. The number of likely N-dealkylation sites (tertiary alicyclic amines) is 1. The topological polar surface area (TPSA) is 68.3 Å². The maximum atomic E-state index is 13.1. The number of ether oxygens (including phenoxy) is 3. The quantitative estimate of drug-likeness (QED) is 0.533. The Labute approximate surface area is 175 Å². The van der Waals surface area contributed by atoms with E-state index in [9.17, 15) is 9.59 Å². The number of nitrogens with zero attached hydrogens (tertiary/aromatic N) is 2. The van der Waals surface area contributed by atoms with Crippen molar-refractivity contribution in [2.24, 2.45) is 5.92 Å². The molecule has 7 nitrogen and oxygen atoms in total. The molecular formula is C21H26N2O5S. The zero-order chi connectivity index (χ0) is 20.4. The molecule has 0 N–H and O–H groups in total. The van der Waals surface area contributed by atoms with Gasteiger partial charge in [0.25, 0.3) is 5.91 Å². The number of fused-ring (bicyclic) bond motifs is 2. The van der Waals surface area contributed by atoms with Crippen LogP contribution in [0.5, 0.6) is 0 Å². The van der Waals surface area contributed by atoms with Gasteiger partial charge in [-0.05, 0) is 25.3 Å². The Bertz CT molecular complexity index is 766. The van der Waals surface area contributed by atoms with Crippen molar-refractivity contribution in [2.75, 3.05) is 26.2 Å². The van der Waals surface area contributed by atoms with E-state index in [1.54, 1.807) is 11.8 Å². The van der Waals surface area contributed by atoms with Gasteiger partial charge < -0.3 is 24.0 Å². The summed E-state index contributed by atoms with van der Waals surface area (Å²) >= 11 is 5.64. The molecule has 3 aliphatic heterocycles. The van der Waals surface area contributed by atoms with Gasteiger partial charge in [0, 0.05) is 19.6 Å². The van der Waals surface area contributed by atoms with Crippen molar-refractivity contribution in [1.82, 2.24) is 9.80 Å². The molecular weight excluding hydrogens is 392 g/mol. The summed E-state index contributed by atoms with van der Waals surface area (Å²) < 4.78 is 16.9. The molecule has 3 saturated heterocycles. The summed E-state index contributed by atoms with van der Waals surface area (Å²) in [6, 6.07) is 10.1. The van der Waals surface area contributed by atoms with Crippen molar-refractivity contribution in [3.05, 3.63) is 35.9 Å². The third kappa shape index (κ3) is 4.29. The standard InChI is InChI=1S/C21H26N2O5S/c1-2-26-21(25)15-8-10-22(11-9-15)19(24)17-18-20(29)23(13-16(27-17)28-18)12-14-6-4-3-5-7-14/h3-7,15-18H,2,8-13H2,1H3/t16-,17+,18-/m0/s1. The van der Waals surface area contributed by atoms with Crippen LogP contribution in [0.3, 0.4) is 0 Å². The smallest absolute Gasteiger partial charge is 0.309 e. The average Bonchev–Trinajstić information content (AvgIpc) is 3.11. The number of carbonyl (C=O) groups excluding carboxylic acids is 2. The van der Waals surface area contributed by atoms with E-state index in [1.165, 1.54) is 0 Å². The number of morpholine rings is 1. The first-order valence-corrected chi connectivity index (χ1v) is 10.6. The molecule has 0 aliphatic carbocycles. The first-order valence-electron chi connectivity index (χ1n) is 10.2. The number of amides is 1. The number of thiocarbonyl (C=S) groups is 1. The molecule has 1 aromatic rings. The van der Waals surface area contributed by atoms with Crippen molar-refractivity contribution in [1.29, 1.82) is 0 Å². The van der Waals surface area contributed by atoms with Gasteiger partial charge in [0.05, 0.1) is 19.1 Å². The van der Waals surface area contributed by atoms with Gasteiger partial charge in [-0.15, -0.1) is 0 Å². The third-order valence-corrected chi connectivity index (χ3v) is 6.17. The van der Waals surface area contributed by atoms with Crippen LogP contribution in [-0.2, 0) is 30.3 Å². The molecule has 1 aromatic carbocycles. The van der Waals surface area contributed by atoms with Crippen molar-refractivity contribution in [3.8, 4) is 0 Å². The molecule has 156 valence electrons. The van der Waals surface area contributed by atoms with Crippen LogP contribution in [0.25, 0.3) is 0 Å². The zero-order valence-corrected chi connectivity index (χ0v) is 17.3. The summed E-state index contributed by atoms with van der Waals surface area (Å²) in [7, 11) is 0. The molecule has 29 heavy (non-hydrogen) atoms. The van der Waals surface area contributed by atoms with E-state index in [1.807, 2.05) is 18.2 Å². The lowest BCUT2D eigenvalue weighted by Crippen LogP contribution is -2.52. The second-order valence-corrected chi connectivity index (χ2v) is 8.02. The first kappa shape index (κ1) is 20.3. The fraction of sp³-hybridized carbons (Fsp3) is 0.571. The van der Waals surface area contributed by atoms with Gasteiger partial charge in [-0.25, -0.2) is 0 Å². The summed E-state index contributed by atoms with van der Waals surface area (Å²) in [6.07, 6.45) is -0.496. The van der Waals surface area contributed by atoms with Gasteiger partial charge in [-0.2, -0.15) is 0 Å². The SMILES string of the molecule is CCOC(=O)C1CCN(C(=O)[C@@H]2O[C@@H]3CN(Cc4ccccc4)C(=S)[C@H]2O3)CC1. The lowest BCUT2D eigenvalue weighted by Gasteiger charge is -2.35. The summed E-state index contributed by atoms with van der Waals surface area (Å²) in [5.41, 5.74) is 1.15. The molecule has 3 heterocycles. The predicted molar refractivity (Wildman–Crippen MR) is 109 cm³/mol. The normalized spacial score (nSPS) is 27.2. The molecule has 8 heteroatoms. The summed E-state index contributed by atoms with van der Waals surface area (Å²) in [6.45, 7) is 4.39. The molecule has 0 radical (unpaired) electrons. The molecule has 2 bridgehead atoms. The Morgan fingerprint density at radius 3 is 2.59 bits per heavy atom. The van der Waals surface area contributed by atoms with Crippen molar-refractivity contribution < 1.29 is 23.8 Å². The average molecular weight is 419 g/mol. The minimum Gasteiger partial charge on any atom is -0.466 e. The largest absolute Gasteiger partial charge is 0.466 e. The van der Waals surface area contributed by atoms with E-state index in [2.05, 4.69) is 17.0 Å². The highest BCUT2D eigenvalue weighted by molar-refractivity contribution is 7.80. The Morgan fingerprint density at radius 2 is 1.90 bits per heavy atom. The highest BCUT2D eigenvalue weighted by atomic mass is 32.1. The fourth-order valence-electron chi connectivity index (χ4n) is 4.14. The van der Waals surface area contributed by atoms with Crippen LogP contribution in [0, 0.1) is 5.92 Å². The Kier molecular flexibility index (Phi) is 6.12. The van der Waals surface area contributed by atoms with E-state index in [4.69, 9.17) is 26.4 Å².